The van der Waals surface area contributed by atoms with Crippen LogP contribution in [0, 0.1) is 22.5 Å². The van der Waals surface area contributed by atoms with Crippen LogP contribution in [0.25, 0.3) is 10.9 Å². The van der Waals surface area contributed by atoms with Gasteiger partial charge in [-0.05, 0) is 31.2 Å². The Hall–Kier alpha value is -3.53. The first-order chi connectivity index (χ1) is 16.3. The molecule has 3 aromatic rings. The number of pyridine rings is 1. The van der Waals surface area contributed by atoms with Crippen molar-refractivity contribution in [2.45, 2.75) is 47.5 Å². The van der Waals surface area contributed by atoms with Gasteiger partial charge in [0.25, 0.3) is 0 Å². The summed E-state index contributed by atoms with van der Waals surface area (Å²) in [6.07, 6.45) is 1.44. The van der Waals surface area contributed by atoms with Gasteiger partial charge in [0.1, 0.15) is 41.0 Å². The first kappa shape index (κ1) is 28.5. The molecular formula is C24H32F2N6O2. The number of hydrogen-bond donors (Lipinski definition) is 3. The van der Waals surface area contributed by atoms with E-state index in [2.05, 4.69) is 15.2 Å². The molecule has 0 fully saturated rings. The highest BCUT2D eigenvalue weighted by Gasteiger charge is 2.24. The summed E-state index contributed by atoms with van der Waals surface area (Å²) < 4.78 is 30.7. The molecule has 3 N–H and O–H groups in total. The Balaban J connectivity index is 0.00000137. The quantitative estimate of drug-likeness (QED) is 0.209. The van der Waals surface area contributed by atoms with Crippen molar-refractivity contribution in [1.29, 1.82) is 10.8 Å². The minimum absolute atomic E-state index is 0.0100. The van der Waals surface area contributed by atoms with Crippen molar-refractivity contribution in [3.8, 4) is 0 Å². The molecule has 1 atom stereocenters. The smallest absolute Gasteiger partial charge is 0.148 e. The van der Waals surface area contributed by atoms with E-state index in [0.29, 0.717) is 11.4 Å². The van der Waals surface area contributed by atoms with E-state index in [-0.39, 0.29) is 41.0 Å². The van der Waals surface area contributed by atoms with E-state index in [4.69, 9.17) is 20.8 Å². The number of hydrogen-bond acceptors (Lipinski definition) is 7. The highest BCUT2D eigenvalue weighted by Crippen LogP contribution is 2.29. The van der Waals surface area contributed by atoms with Crippen LogP contribution in [-0.4, -0.2) is 44.6 Å². The van der Waals surface area contributed by atoms with Gasteiger partial charge < -0.3 is 9.94 Å². The van der Waals surface area contributed by atoms with E-state index < -0.39 is 17.6 Å². The van der Waals surface area contributed by atoms with Gasteiger partial charge in [-0.25, -0.2) is 13.5 Å². The minimum atomic E-state index is -1.03. The third kappa shape index (κ3) is 6.50. The third-order valence-corrected chi connectivity index (χ3v) is 4.49. The largest absolute Gasteiger partial charge is 0.393 e. The van der Waals surface area contributed by atoms with Crippen molar-refractivity contribution in [3.05, 3.63) is 64.9 Å². The number of aliphatic hydroxyl groups excluding tert-OH is 1. The Morgan fingerprint density at radius 1 is 1.21 bits per heavy atom. The van der Waals surface area contributed by atoms with Crippen LogP contribution >= 0.6 is 0 Å². The molecule has 0 aliphatic carbocycles. The Morgan fingerprint density at radius 3 is 2.53 bits per heavy atom. The minimum Gasteiger partial charge on any atom is -0.393 e. The molecule has 2 heterocycles. The molecule has 0 aliphatic heterocycles. The van der Waals surface area contributed by atoms with Crippen LogP contribution < -0.4 is 5.49 Å². The lowest BCUT2D eigenvalue weighted by Crippen LogP contribution is -2.33. The average Bonchev–Trinajstić information content (AvgIpc) is 2.86. The van der Waals surface area contributed by atoms with Crippen molar-refractivity contribution in [2.75, 3.05) is 13.2 Å². The van der Waals surface area contributed by atoms with Crippen molar-refractivity contribution >= 4 is 22.5 Å². The second-order valence-electron chi connectivity index (χ2n) is 6.51. The van der Waals surface area contributed by atoms with Crippen LogP contribution in [0.3, 0.4) is 0 Å². The Bertz CT molecular complexity index is 1190. The predicted octanol–water partition coefficient (Wildman–Crippen LogP) is 4.60. The van der Waals surface area contributed by atoms with Crippen LogP contribution in [0.15, 0.2) is 41.7 Å². The van der Waals surface area contributed by atoms with Gasteiger partial charge in [0.15, 0.2) is 0 Å². The summed E-state index contributed by atoms with van der Waals surface area (Å²) in [6.45, 7) is 10.9. The van der Waals surface area contributed by atoms with Crippen molar-refractivity contribution < 1.29 is 18.7 Å². The van der Waals surface area contributed by atoms with Gasteiger partial charge in [-0.15, -0.1) is 0 Å². The molecule has 8 nitrogen and oxygen atoms in total. The summed E-state index contributed by atoms with van der Waals surface area (Å²) in [5.41, 5.74) is 0.411. The highest BCUT2D eigenvalue weighted by atomic mass is 19.1. The second kappa shape index (κ2) is 13.9. The molecule has 2 aromatic heterocycles. The zero-order chi connectivity index (χ0) is 25.8. The molecule has 184 valence electrons. The SMILES string of the molecule is C/C(=N\OCCO)c1ccc(=N)n(C(=N)C(C)c2c(F)cc3ncccc3c2F)n1.CC.CC. The number of benzene rings is 1. The molecule has 0 aliphatic rings. The fraction of sp³-hybridized carbons (Fsp3) is 0.375. The van der Waals surface area contributed by atoms with Gasteiger partial charge in [0.05, 0.1) is 12.1 Å². The lowest BCUT2D eigenvalue weighted by molar-refractivity contribution is 0.0986. The summed E-state index contributed by atoms with van der Waals surface area (Å²) >= 11 is 0. The Labute approximate surface area is 197 Å². The summed E-state index contributed by atoms with van der Waals surface area (Å²) in [6, 6.07) is 7.08. The number of nitrogens with one attached hydrogen (secondary N) is 2. The van der Waals surface area contributed by atoms with E-state index in [1.54, 1.807) is 13.0 Å². The molecule has 1 aromatic carbocycles. The third-order valence-electron chi connectivity index (χ3n) is 4.49. The number of rotatable bonds is 6. The zero-order valence-electron chi connectivity index (χ0n) is 20.4. The molecule has 3 rings (SSSR count). The normalized spacial score (nSPS) is 11.6. The first-order valence-corrected chi connectivity index (χ1v) is 11.1. The summed E-state index contributed by atoms with van der Waals surface area (Å²) in [7, 11) is 0. The zero-order valence-corrected chi connectivity index (χ0v) is 20.4. The monoisotopic (exact) mass is 474 g/mol. The lowest BCUT2D eigenvalue weighted by atomic mass is 9.96. The summed E-state index contributed by atoms with van der Waals surface area (Å²) in [4.78, 5) is 8.86. The molecule has 0 saturated heterocycles. The number of aliphatic hydroxyl groups is 1. The predicted molar refractivity (Wildman–Crippen MR) is 129 cm³/mol. The van der Waals surface area contributed by atoms with Crippen LogP contribution in [-0.2, 0) is 4.84 Å². The molecule has 0 saturated carbocycles. The van der Waals surface area contributed by atoms with E-state index in [0.717, 1.165) is 10.7 Å². The van der Waals surface area contributed by atoms with E-state index in [1.165, 1.54) is 31.3 Å². The number of fused-ring (bicyclic) bond motifs is 1. The van der Waals surface area contributed by atoms with Crippen LogP contribution in [0.2, 0.25) is 0 Å². The maximum atomic E-state index is 15.0. The summed E-state index contributed by atoms with van der Waals surface area (Å²) in [5, 5.41) is 33.4. The van der Waals surface area contributed by atoms with Gasteiger partial charge in [-0.2, -0.15) is 5.10 Å². The highest BCUT2D eigenvalue weighted by molar-refractivity contribution is 5.97. The van der Waals surface area contributed by atoms with Gasteiger partial charge in [-0.3, -0.25) is 15.8 Å². The van der Waals surface area contributed by atoms with Crippen molar-refractivity contribution in [2.24, 2.45) is 5.16 Å². The van der Waals surface area contributed by atoms with E-state index in [1.807, 2.05) is 27.7 Å². The molecule has 0 spiro atoms. The maximum Gasteiger partial charge on any atom is 0.148 e. The van der Waals surface area contributed by atoms with E-state index >= 15 is 4.39 Å². The fourth-order valence-electron chi connectivity index (χ4n) is 2.91. The van der Waals surface area contributed by atoms with Gasteiger partial charge in [-0.1, -0.05) is 39.8 Å². The Morgan fingerprint density at radius 2 is 1.88 bits per heavy atom. The molecule has 34 heavy (non-hydrogen) atoms. The van der Waals surface area contributed by atoms with Gasteiger partial charge in [0, 0.05) is 29.1 Å². The standard InChI is InChI=1S/C20H20F2N6O2.2C2H6/c1-11(18-14(21)10-16-13(19(18)22)4-3-7-25-16)20(24)28-17(23)6-5-15(26-28)12(2)27-30-9-8-29;2*1-2/h3-7,10-11,23-24,29H,8-9H2,1-2H3;2*1-2H3/b23-17?,24-20?,27-12+;;. The molecule has 0 radical (unpaired) electrons. The number of aromatic nitrogens is 3. The molecule has 1 unspecified atom stereocenters. The lowest BCUT2D eigenvalue weighted by Gasteiger charge is -2.18. The molecule has 0 bridgehead atoms. The summed E-state index contributed by atoms with van der Waals surface area (Å²) in [5.74, 6) is -2.94. The van der Waals surface area contributed by atoms with Crippen molar-refractivity contribution in [3.63, 3.8) is 0 Å². The van der Waals surface area contributed by atoms with Crippen LogP contribution in [0.5, 0.6) is 0 Å². The second-order valence-corrected chi connectivity index (χ2v) is 6.51. The molecular weight excluding hydrogens is 442 g/mol. The van der Waals surface area contributed by atoms with E-state index in [9.17, 15) is 4.39 Å². The maximum absolute atomic E-state index is 15.0. The number of oxime groups is 1. The van der Waals surface area contributed by atoms with Gasteiger partial charge >= 0.3 is 0 Å². The topological polar surface area (TPSA) is 120 Å². The van der Waals surface area contributed by atoms with Crippen LogP contribution in [0.4, 0.5) is 8.78 Å². The van der Waals surface area contributed by atoms with Crippen molar-refractivity contribution in [1.82, 2.24) is 14.8 Å². The van der Waals surface area contributed by atoms with Gasteiger partial charge in [0.2, 0.25) is 0 Å². The Kier molecular flexibility index (Phi) is 11.6. The number of halogens is 2. The molecule has 0 amide bonds. The number of nitrogens with zero attached hydrogens (tertiary/aromatic N) is 4. The average molecular weight is 475 g/mol. The van der Waals surface area contributed by atoms with Crippen LogP contribution in [0.1, 0.15) is 58.7 Å². The fourth-order valence-corrected chi connectivity index (χ4v) is 2.91. The molecule has 10 heteroatoms. The first-order valence-electron chi connectivity index (χ1n) is 11.1.